The molecule has 1 N–H and O–H groups in total. The van der Waals surface area contributed by atoms with Crippen molar-refractivity contribution in [2.24, 2.45) is 0 Å². The Hall–Kier alpha value is -5.71. The molecule has 0 aliphatic rings. The van der Waals surface area contributed by atoms with Crippen LogP contribution in [0.25, 0.3) is 45.0 Å². The highest BCUT2D eigenvalue weighted by molar-refractivity contribution is 7.90. The molecule has 0 bridgehead atoms. The maximum atomic E-state index is 13.2. The van der Waals surface area contributed by atoms with Gasteiger partial charge in [0.15, 0.2) is 6.19 Å². The first-order valence-corrected chi connectivity index (χ1v) is 16.0. The van der Waals surface area contributed by atoms with Crippen molar-refractivity contribution in [3.63, 3.8) is 0 Å². The normalized spacial score (nSPS) is 11.8. The molecule has 45 heavy (non-hydrogen) atoms. The van der Waals surface area contributed by atoms with E-state index in [1.807, 2.05) is 120 Å². The average Bonchev–Trinajstić information content (AvgIpc) is 3.45. The molecule has 0 fully saturated rings. The third-order valence-corrected chi connectivity index (χ3v) is 9.17. The highest BCUT2D eigenvalue weighted by Gasteiger charge is 2.28. The number of hydrogen-bond donors (Lipinski definition) is 1. The second-order valence-corrected chi connectivity index (χ2v) is 12.3. The molecule has 0 saturated carbocycles. The molecule has 1 atom stereocenters. The highest BCUT2D eigenvalue weighted by Crippen LogP contribution is 2.38. The van der Waals surface area contributed by atoms with Crippen LogP contribution in [-0.2, 0) is 16.6 Å². The van der Waals surface area contributed by atoms with Gasteiger partial charge >= 0.3 is 0 Å². The van der Waals surface area contributed by atoms with Crippen molar-refractivity contribution in [3.05, 3.63) is 163 Å². The highest BCUT2D eigenvalue weighted by atomic mass is 32.2. The van der Waals surface area contributed by atoms with Crippen LogP contribution in [0, 0.1) is 11.5 Å². The molecule has 6 aromatic rings. The maximum absolute atomic E-state index is 13.2. The number of benzene rings is 5. The number of nitrogens with zero attached hydrogens (tertiary/aromatic N) is 3. The first kappa shape index (κ1) is 29.4. The predicted octanol–water partition coefficient (Wildman–Crippen LogP) is 8.23. The maximum Gasteiger partial charge on any atom is 0.251 e. The summed E-state index contributed by atoms with van der Waals surface area (Å²) in [6.45, 7) is 4.24. The minimum atomic E-state index is -4.08. The summed E-state index contributed by atoms with van der Waals surface area (Å²) in [7, 11) is -4.08. The fourth-order valence-corrected chi connectivity index (χ4v) is 6.69. The van der Waals surface area contributed by atoms with E-state index in [9.17, 15) is 13.7 Å². The van der Waals surface area contributed by atoms with Crippen LogP contribution >= 0.6 is 0 Å². The second kappa shape index (κ2) is 12.9. The minimum Gasteiger partial charge on any atom is -0.319 e. The van der Waals surface area contributed by atoms with Gasteiger partial charge in [-0.05, 0) is 22.3 Å². The van der Waals surface area contributed by atoms with Crippen LogP contribution in [0.1, 0.15) is 16.4 Å². The predicted molar refractivity (Wildman–Crippen MR) is 180 cm³/mol. The Balaban J connectivity index is 1.59. The molecule has 7 heteroatoms. The smallest absolute Gasteiger partial charge is 0.251 e. The summed E-state index contributed by atoms with van der Waals surface area (Å²) in [5.41, 5.74) is 7.78. The molecule has 5 aromatic carbocycles. The zero-order chi connectivity index (χ0) is 31.2. The third kappa shape index (κ3) is 6.05. The molecule has 1 aromatic heterocycles. The molecule has 1 heterocycles. The number of hydrogen-bond acceptors (Lipinski definition) is 4. The van der Waals surface area contributed by atoms with Crippen molar-refractivity contribution in [2.45, 2.75) is 11.8 Å². The Labute approximate surface area is 263 Å². The van der Waals surface area contributed by atoms with Crippen molar-refractivity contribution in [1.82, 2.24) is 14.3 Å². The van der Waals surface area contributed by atoms with Gasteiger partial charge in [0, 0.05) is 23.2 Å². The van der Waals surface area contributed by atoms with E-state index < -0.39 is 15.3 Å². The number of nitriles is 1. The summed E-state index contributed by atoms with van der Waals surface area (Å²) >= 11 is 0. The van der Waals surface area contributed by atoms with Crippen LogP contribution in [0.15, 0.2) is 152 Å². The molecular weight excluding hydrogens is 577 g/mol. The van der Waals surface area contributed by atoms with E-state index in [4.69, 9.17) is 4.98 Å². The molecule has 6 rings (SSSR count). The van der Waals surface area contributed by atoms with E-state index in [0.717, 1.165) is 50.6 Å². The number of nitrogens with one attached hydrogen (secondary N) is 1. The molecule has 1 unspecified atom stereocenters. The lowest BCUT2D eigenvalue weighted by atomic mass is 9.95. The molecule has 220 valence electrons. The largest absolute Gasteiger partial charge is 0.319 e. The van der Waals surface area contributed by atoms with Gasteiger partial charge in [-0.2, -0.15) is 5.26 Å². The molecule has 0 saturated heterocycles. The number of rotatable bonds is 10. The average molecular weight is 607 g/mol. The SMILES string of the molecule is C=CC(c1cc(Cn2c(-c3ccccc3)nc(-c3ccccc3)c2-c2ccccc2)ccc1-c1ccccc1)S(=O)(=O)NC#N. The first-order chi connectivity index (χ1) is 22.0. The fourth-order valence-electron chi connectivity index (χ4n) is 5.66. The Kier molecular flexibility index (Phi) is 8.41. The first-order valence-electron chi connectivity index (χ1n) is 14.5. The van der Waals surface area contributed by atoms with Crippen LogP contribution in [0.5, 0.6) is 0 Å². The summed E-state index contributed by atoms with van der Waals surface area (Å²) in [6, 6.07) is 45.8. The number of aromatic nitrogens is 2. The Morgan fingerprint density at radius 2 is 1.29 bits per heavy atom. The van der Waals surface area contributed by atoms with Gasteiger partial charge in [-0.1, -0.05) is 146 Å². The van der Waals surface area contributed by atoms with Crippen LogP contribution in [0.2, 0.25) is 0 Å². The molecule has 0 aliphatic carbocycles. The van der Waals surface area contributed by atoms with Crippen molar-refractivity contribution in [3.8, 4) is 51.2 Å². The van der Waals surface area contributed by atoms with Crippen LogP contribution in [0.4, 0.5) is 0 Å². The lowest BCUT2D eigenvalue weighted by Gasteiger charge is -2.20. The van der Waals surface area contributed by atoms with Gasteiger partial charge in [-0.3, -0.25) is 0 Å². The second-order valence-electron chi connectivity index (χ2n) is 10.5. The van der Waals surface area contributed by atoms with E-state index in [0.29, 0.717) is 12.1 Å². The quantitative estimate of drug-likeness (QED) is 0.0967. The Morgan fingerprint density at radius 1 is 0.756 bits per heavy atom. The van der Waals surface area contributed by atoms with Crippen molar-refractivity contribution in [2.75, 3.05) is 0 Å². The number of sulfonamides is 1. The van der Waals surface area contributed by atoms with Crippen LogP contribution in [-0.4, -0.2) is 18.0 Å². The fraction of sp³-hybridized carbons (Fsp3) is 0.0526. The standard InChI is InChI=1S/C38H30N4O2S/c1-2-35(45(43,44)40-27-39)34-25-28(23-24-33(34)29-15-7-3-8-16-29)26-42-37(31-19-11-5-12-20-31)36(30-17-9-4-10-18-30)41-38(42)32-21-13-6-14-22-32/h2-25,35,40H,1,26H2. The van der Waals surface area contributed by atoms with Gasteiger partial charge in [0.1, 0.15) is 11.1 Å². The lowest BCUT2D eigenvalue weighted by molar-refractivity contribution is 0.585. The van der Waals surface area contributed by atoms with E-state index in [1.165, 1.54) is 6.08 Å². The van der Waals surface area contributed by atoms with Gasteiger partial charge in [-0.25, -0.2) is 18.1 Å². The van der Waals surface area contributed by atoms with E-state index >= 15 is 0 Å². The van der Waals surface area contributed by atoms with Gasteiger partial charge in [0.2, 0.25) is 0 Å². The van der Waals surface area contributed by atoms with E-state index in [1.54, 1.807) is 6.19 Å². The monoisotopic (exact) mass is 606 g/mol. The number of imidazole rings is 1. The molecule has 0 spiro atoms. The Morgan fingerprint density at radius 3 is 1.84 bits per heavy atom. The van der Waals surface area contributed by atoms with Crippen molar-refractivity contribution < 1.29 is 8.42 Å². The molecular formula is C38H30N4O2S. The summed E-state index contributed by atoms with van der Waals surface area (Å²) in [5, 5.41) is 8.06. The van der Waals surface area contributed by atoms with E-state index in [2.05, 4.69) is 35.4 Å². The summed E-state index contributed by atoms with van der Waals surface area (Å²) in [6.07, 6.45) is 2.94. The van der Waals surface area contributed by atoms with Gasteiger partial charge in [0.25, 0.3) is 10.0 Å². The molecule has 0 aliphatic heterocycles. The summed E-state index contributed by atoms with van der Waals surface area (Å²) in [5.74, 6) is 0.793. The van der Waals surface area contributed by atoms with Crippen LogP contribution in [0.3, 0.4) is 0 Å². The molecule has 0 radical (unpaired) electrons. The van der Waals surface area contributed by atoms with E-state index in [-0.39, 0.29) is 0 Å². The Bertz CT molecular complexity index is 2090. The zero-order valence-corrected chi connectivity index (χ0v) is 25.2. The molecule has 6 nitrogen and oxygen atoms in total. The van der Waals surface area contributed by atoms with Gasteiger partial charge < -0.3 is 4.57 Å². The van der Waals surface area contributed by atoms with Crippen molar-refractivity contribution in [1.29, 1.82) is 5.26 Å². The third-order valence-electron chi connectivity index (χ3n) is 7.68. The molecule has 0 amide bonds. The summed E-state index contributed by atoms with van der Waals surface area (Å²) < 4.78 is 30.7. The van der Waals surface area contributed by atoms with Crippen molar-refractivity contribution >= 4 is 10.0 Å². The van der Waals surface area contributed by atoms with Crippen LogP contribution < -0.4 is 4.72 Å². The zero-order valence-electron chi connectivity index (χ0n) is 24.4. The minimum absolute atomic E-state index is 0.409. The summed E-state index contributed by atoms with van der Waals surface area (Å²) in [4.78, 5) is 5.23. The topological polar surface area (TPSA) is 87.8 Å². The van der Waals surface area contributed by atoms with Gasteiger partial charge in [0.05, 0.1) is 11.4 Å². The lowest BCUT2D eigenvalue weighted by Crippen LogP contribution is -2.24. The van der Waals surface area contributed by atoms with Gasteiger partial charge in [-0.15, -0.1) is 6.58 Å².